The molecule has 6 heteroatoms. The van der Waals surface area contributed by atoms with Crippen LogP contribution in [0.2, 0.25) is 0 Å². The maximum atomic E-state index is 12.8. The van der Waals surface area contributed by atoms with Crippen LogP contribution < -0.4 is 5.32 Å². The number of hydrogen-bond donors (Lipinski definition) is 1. The molecule has 132 valence electrons. The summed E-state index contributed by atoms with van der Waals surface area (Å²) in [6.07, 6.45) is 1.67. The summed E-state index contributed by atoms with van der Waals surface area (Å²) in [6.45, 7) is 3.51. The second-order valence-corrected chi connectivity index (χ2v) is 6.03. The molecular formula is C19H23N3O3. The Bertz CT molecular complexity index is 731. The monoisotopic (exact) mass is 341 g/mol. The zero-order chi connectivity index (χ0) is 18.4. The van der Waals surface area contributed by atoms with Crippen molar-refractivity contribution in [2.45, 2.75) is 19.4 Å². The highest BCUT2D eigenvalue weighted by Crippen LogP contribution is 2.26. The van der Waals surface area contributed by atoms with Crippen molar-refractivity contribution in [2.24, 2.45) is 0 Å². The van der Waals surface area contributed by atoms with E-state index in [0.717, 1.165) is 11.1 Å². The average Bonchev–Trinajstić information content (AvgIpc) is 2.63. The summed E-state index contributed by atoms with van der Waals surface area (Å²) in [5.41, 5.74) is 0.581. The van der Waals surface area contributed by atoms with Crippen molar-refractivity contribution in [1.29, 1.82) is 0 Å². The molecule has 0 saturated heterocycles. The molecule has 0 aliphatic heterocycles. The molecule has 0 fully saturated rings. The zero-order valence-electron chi connectivity index (χ0n) is 14.9. The van der Waals surface area contributed by atoms with Crippen LogP contribution in [0.15, 0.2) is 48.7 Å². The molecule has 0 aliphatic rings. The second kappa shape index (κ2) is 7.90. The first-order valence-corrected chi connectivity index (χ1v) is 7.95. The molecule has 1 atom stereocenters. The van der Waals surface area contributed by atoms with E-state index in [2.05, 4.69) is 10.3 Å². The van der Waals surface area contributed by atoms with Gasteiger partial charge >= 0.3 is 0 Å². The van der Waals surface area contributed by atoms with Gasteiger partial charge in [-0.05, 0) is 31.0 Å². The number of carbonyl (C=O) groups is 2. The smallest absolute Gasteiger partial charge is 0.259 e. The molecule has 1 heterocycles. The van der Waals surface area contributed by atoms with Gasteiger partial charge in [-0.25, -0.2) is 4.98 Å². The van der Waals surface area contributed by atoms with E-state index in [1.54, 1.807) is 26.2 Å². The van der Waals surface area contributed by atoms with E-state index < -0.39 is 5.60 Å². The lowest BCUT2D eigenvalue weighted by Crippen LogP contribution is -2.47. The third-order valence-corrected chi connectivity index (χ3v) is 4.05. The average molecular weight is 341 g/mol. The highest BCUT2D eigenvalue weighted by Gasteiger charge is 2.37. The first-order chi connectivity index (χ1) is 11.9. The fourth-order valence-electron chi connectivity index (χ4n) is 2.46. The predicted molar refractivity (Wildman–Crippen MR) is 96.0 cm³/mol. The molecule has 0 unspecified atom stereocenters. The number of likely N-dealkylation sites (N-methyl/N-ethyl adjacent to an activating group) is 1. The van der Waals surface area contributed by atoms with E-state index in [-0.39, 0.29) is 18.4 Å². The van der Waals surface area contributed by atoms with E-state index in [9.17, 15) is 9.59 Å². The molecule has 1 aromatic heterocycles. The van der Waals surface area contributed by atoms with Crippen molar-refractivity contribution in [1.82, 2.24) is 9.88 Å². The summed E-state index contributed by atoms with van der Waals surface area (Å²) in [5, 5.41) is 2.68. The predicted octanol–water partition coefficient (Wildman–Crippen LogP) is 2.35. The maximum absolute atomic E-state index is 12.8. The molecule has 25 heavy (non-hydrogen) atoms. The minimum atomic E-state index is -1.15. The Morgan fingerprint density at radius 1 is 1.20 bits per heavy atom. The van der Waals surface area contributed by atoms with Gasteiger partial charge in [-0.3, -0.25) is 9.59 Å². The summed E-state index contributed by atoms with van der Waals surface area (Å²) >= 11 is 0. The van der Waals surface area contributed by atoms with Crippen LogP contribution in [0, 0.1) is 6.92 Å². The summed E-state index contributed by atoms with van der Waals surface area (Å²) < 4.78 is 5.48. The van der Waals surface area contributed by atoms with Crippen LogP contribution in [0.3, 0.4) is 0 Å². The number of nitrogens with one attached hydrogen (secondary N) is 1. The number of aromatic nitrogens is 1. The molecule has 0 spiro atoms. The number of nitrogens with zero attached hydrogens (tertiary/aromatic N) is 2. The topological polar surface area (TPSA) is 71.5 Å². The lowest BCUT2D eigenvalue weighted by atomic mass is 9.94. The van der Waals surface area contributed by atoms with Crippen LogP contribution in [-0.2, 0) is 19.9 Å². The Hall–Kier alpha value is -2.73. The molecular weight excluding hydrogens is 318 g/mol. The summed E-state index contributed by atoms with van der Waals surface area (Å²) in [4.78, 5) is 30.5. The Morgan fingerprint density at radius 2 is 1.88 bits per heavy atom. The third-order valence-electron chi connectivity index (χ3n) is 4.05. The highest BCUT2D eigenvalue weighted by molar-refractivity contribution is 5.95. The van der Waals surface area contributed by atoms with Crippen LogP contribution in [0.1, 0.15) is 18.1 Å². The normalized spacial score (nSPS) is 13.0. The van der Waals surface area contributed by atoms with Gasteiger partial charge < -0.3 is 15.0 Å². The lowest BCUT2D eigenvalue weighted by molar-refractivity contribution is -0.154. The van der Waals surface area contributed by atoms with Gasteiger partial charge in [-0.1, -0.05) is 36.4 Å². The molecule has 6 nitrogen and oxygen atoms in total. The first-order valence-electron chi connectivity index (χ1n) is 7.95. The van der Waals surface area contributed by atoms with Gasteiger partial charge in [0.1, 0.15) is 5.82 Å². The molecule has 0 aliphatic carbocycles. The number of amides is 2. The Kier molecular flexibility index (Phi) is 5.88. The number of pyridine rings is 1. The highest BCUT2D eigenvalue weighted by atomic mass is 16.5. The summed E-state index contributed by atoms with van der Waals surface area (Å²) in [6, 6.07) is 12.8. The molecule has 0 saturated carbocycles. The number of carbonyl (C=O) groups excluding carboxylic acids is 2. The number of anilines is 1. The van der Waals surface area contributed by atoms with Gasteiger partial charge in [0, 0.05) is 20.4 Å². The maximum Gasteiger partial charge on any atom is 0.259 e. The van der Waals surface area contributed by atoms with Gasteiger partial charge in [0.05, 0.1) is 6.54 Å². The minimum absolute atomic E-state index is 0.0971. The van der Waals surface area contributed by atoms with Crippen LogP contribution in [0.25, 0.3) is 0 Å². The Morgan fingerprint density at radius 3 is 2.44 bits per heavy atom. The molecule has 1 aromatic carbocycles. The lowest BCUT2D eigenvalue weighted by Gasteiger charge is -2.31. The van der Waals surface area contributed by atoms with Crippen LogP contribution in [0.4, 0.5) is 5.82 Å². The van der Waals surface area contributed by atoms with E-state index in [4.69, 9.17) is 4.74 Å². The van der Waals surface area contributed by atoms with Gasteiger partial charge in [-0.15, -0.1) is 0 Å². The molecule has 1 N–H and O–H groups in total. The molecule has 0 bridgehead atoms. The molecule has 2 rings (SSSR count). The van der Waals surface area contributed by atoms with Crippen molar-refractivity contribution in [2.75, 3.05) is 26.0 Å². The van der Waals surface area contributed by atoms with Gasteiger partial charge in [0.15, 0.2) is 5.60 Å². The van der Waals surface area contributed by atoms with E-state index in [1.165, 1.54) is 12.0 Å². The number of benzene rings is 1. The zero-order valence-corrected chi connectivity index (χ0v) is 14.9. The number of rotatable bonds is 6. The van der Waals surface area contributed by atoms with Crippen molar-refractivity contribution >= 4 is 17.6 Å². The standard InChI is InChI=1S/C19H23N3O3/c1-14-10-11-16(20-12-14)21-17(23)13-22(3)18(24)19(2,25-4)15-8-6-5-7-9-15/h5-12H,13H2,1-4H3,(H,20,21,23)/t19-/m0/s1. The molecule has 0 radical (unpaired) electrons. The summed E-state index contributed by atoms with van der Waals surface area (Å²) in [7, 11) is 3.06. The second-order valence-electron chi connectivity index (χ2n) is 6.03. The number of methoxy groups -OCH3 is 1. The summed E-state index contributed by atoms with van der Waals surface area (Å²) in [5.74, 6) is -0.166. The van der Waals surface area contributed by atoms with E-state index in [0.29, 0.717) is 5.82 Å². The van der Waals surface area contributed by atoms with Gasteiger partial charge in [0.25, 0.3) is 5.91 Å². The van der Waals surface area contributed by atoms with Crippen molar-refractivity contribution in [3.05, 3.63) is 59.8 Å². The third kappa shape index (κ3) is 4.42. The van der Waals surface area contributed by atoms with Crippen LogP contribution >= 0.6 is 0 Å². The Balaban J connectivity index is 2.05. The molecule has 2 amide bonds. The number of ether oxygens (including phenoxy) is 1. The first kappa shape index (κ1) is 18.6. The molecule has 2 aromatic rings. The number of hydrogen-bond acceptors (Lipinski definition) is 4. The van der Waals surface area contributed by atoms with Gasteiger partial charge in [-0.2, -0.15) is 0 Å². The fourth-order valence-corrected chi connectivity index (χ4v) is 2.46. The van der Waals surface area contributed by atoms with E-state index in [1.807, 2.05) is 43.3 Å². The van der Waals surface area contributed by atoms with Crippen molar-refractivity contribution in [3.8, 4) is 0 Å². The largest absolute Gasteiger partial charge is 0.364 e. The number of aryl methyl sites for hydroxylation is 1. The van der Waals surface area contributed by atoms with Crippen LogP contribution in [-0.4, -0.2) is 42.4 Å². The van der Waals surface area contributed by atoms with Crippen molar-refractivity contribution < 1.29 is 14.3 Å². The van der Waals surface area contributed by atoms with E-state index >= 15 is 0 Å². The Labute approximate surface area is 147 Å². The fraction of sp³-hybridized carbons (Fsp3) is 0.316. The minimum Gasteiger partial charge on any atom is -0.364 e. The van der Waals surface area contributed by atoms with Gasteiger partial charge in [0.2, 0.25) is 5.91 Å². The SMILES string of the molecule is CO[C@](C)(C(=O)N(C)CC(=O)Nc1ccc(C)cn1)c1ccccc1. The van der Waals surface area contributed by atoms with Crippen LogP contribution in [0.5, 0.6) is 0 Å². The quantitative estimate of drug-likeness (QED) is 0.875. The van der Waals surface area contributed by atoms with Crippen molar-refractivity contribution in [3.63, 3.8) is 0 Å².